The lowest BCUT2D eigenvalue weighted by molar-refractivity contribution is 0.637. The van der Waals surface area contributed by atoms with E-state index in [-0.39, 0.29) is 0 Å². The van der Waals surface area contributed by atoms with Crippen LogP contribution in [0.3, 0.4) is 0 Å². The molecule has 0 N–H and O–H groups in total. The molecular formula is C10H19Br. The monoisotopic (exact) mass is 218 g/mol. The summed E-state index contributed by atoms with van der Waals surface area (Å²) in [6.07, 6.45) is 10.4. The Labute approximate surface area is 79.2 Å². The lowest BCUT2D eigenvalue weighted by Crippen LogP contribution is -1.75. The van der Waals surface area contributed by atoms with Gasteiger partial charge in [-0.3, -0.25) is 0 Å². The van der Waals surface area contributed by atoms with Crippen molar-refractivity contribution in [1.82, 2.24) is 0 Å². The first kappa shape index (κ1) is 11.2. The number of allylic oxidation sites excluding steroid dienone is 2. The van der Waals surface area contributed by atoms with Crippen LogP contribution >= 0.6 is 15.9 Å². The molecule has 0 aromatic rings. The molecule has 0 saturated heterocycles. The van der Waals surface area contributed by atoms with Crippen molar-refractivity contribution in [3.8, 4) is 0 Å². The van der Waals surface area contributed by atoms with Crippen LogP contribution in [0.25, 0.3) is 0 Å². The summed E-state index contributed by atoms with van der Waals surface area (Å²) in [7, 11) is 0. The molecule has 0 aliphatic carbocycles. The molecule has 0 radical (unpaired) electrons. The Balaban J connectivity index is 2.97. The van der Waals surface area contributed by atoms with Crippen molar-refractivity contribution >= 4 is 15.9 Å². The van der Waals surface area contributed by atoms with Crippen LogP contribution in [0.5, 0.6) is 0 Å². The fraction of sp³-hybridized carbons (Fsp3) is 0.800. The summed E-state index contributed by atoms with van der Waals surface area (Å²) in [6, 6.07) is 0. The lowest BCUT2D eigenvalue weighted by atomic mass is 10.1. The third-order valence-corrected chi connectivity index (χ3v) is 2.06. The Hall–Kier alpha value is 0.220. The standard InChI is InChI=1S/C10H19Br/c1-3-4-5-6-7-8-9-10(2)11/h9H,3-8H2,1-2H3/b10-9-. The Bertz CT molecular complexity index is 101. The molecule has 11 heavy (non-hydrogen) atoms. The number of hydrogen-bond donors (Lipinski definition) is 0. The Morgan fingerprint density at radius 3 is 2.36 bits per heavy atom. The number of halogens is 1. The largest absolute Gasteiger partial charge is 0.0747 e. The van der Waals surface area contributed by atoms with Crippen molar-refractivity contribution in [2.75, 3.05) is 0 Å². The molecule has 0 saturated carbocycles. The van der Waals surface area contributed by atoms with Gasteiger partial charge in [0.15, 0.2) is 0 Å². The number of hydrogen-bond acceptors (Lipinski definition) is 0. The zero-order valence-electron chi connectivity index (χ0n) is 7.70. The molecule has 0 aliphatic heterocycles. The van der Waals surface area contributed by atoms with E-state index >= 15 is 0 Å². The van der Waals surface area contributed by atoms with Crippen molar-refractivity contribution in [2.45, 2.75) is 52.4 Å². The van der Waals surface area contributed by atoms with Crippen LogP contribution in [0, 0.1) is 0 Å². The second-order valence-electron chi connectivity index (χ2n) is 2.99. The van der Waals surface area contributed by atoms with Crippen molar-refractivity contribution in [2.24, 2.45) is 0 Å². The van der Waals surface area contributed by atoms with Crippen LogP contribution in [0.1, 0.15) is 52.4 Å². The molecule has 66 valence electrons. The average molecular weight is 219 g/mol. The van der Waals surface area contributed by atoms with E-state index in [9.17, 15) is 0 Å². The molecule has 0 spiro atoms. The highest BCUT2D eigenvalue weighted by molar-refractivity contribution is 9.11. The van der Waals surface area contributed by atoms with Crippen LogP contribution in [0.2, 0.25) is 0 Å². The van der Waals surface area contributed by atoms with Crippen LogP contribution < -0.4 is 0 Å². The third-order valence-electron chi connectivity index (χ3n) is 1.73. The minimum atomic E-state index is 1.24. The van der Waals surface area contributed by atoms with Gasteiger partial charge < -0.3 is 0 Å². The molecule has 0 aliphatic rings. The summed E-state index contributed by atoms with van der Waals surface area (Å²) in [6.45, 7) is 4.34. The van der Waals surface area contributed by atoms with E-state index in [0.717, 1.165) is 0 Å². The highest BCUT2D eigenvalue weighted by Gasteiger charge is 1.86. The maximum Gasteiger partial charge on any atom is -0.0120 e. The Kier molecular flexibility index (Phi) is 8.48. The Morgan fingerprint density at radius 2 is 1.82 bits per heavy atom. The second-order valence-corrected chi connectivity index (χ2v) is 4.24. The van der Waals surface area contributed by atoms with Crippen molar-refractivity contribution in [3.63, 3.8) is 0 Å². The van der Waals surface area contributed by atoms with Gasteiger partial charge in [-0.2, -0.15) is 0 Å². The summed E-state index contributed by atoms with van der Waals surface area (Å²) < 4.78 is 1.27. The fourth-order valence-electron chi connectivity index (χ4n) is 1.05. The normalized spacial score (nSPS) is 12.1. The summed E-state index contributed by atoms with van der Waals surface area (Å²) in [4.78, 5) is 0. The molecule has 0 unspecified atom stereocenters. The number of rotatable bonds is 6. The first-order valence-corrected chi connectivity index (χ1v) is 5.39. The van der Waals surface area contributed by atoms with Gasteiger partial charge in [-0.1, -0.05) is 54.6 Å². The highest BCUT2D eigenvalue weighted by atomic mass is 79.9. The van der Waals surface area contributed by atoms with E-state index in [0.29, 0.717) is 0 Å². The molecule has 0 nitrogen and oxygen atoms in total. The zero-order chi connectivity index (χ0) is 8.53. The maximum absolute atomic E-state index is 3.42. The van der Waals surface area contributed by atoms with Gasteiger partial charge in [0.1, 0.15) is 0 Å². The van der Waals surface area contributed by atoms with Crippen LogP contribution in [-0.2, 0) is 0 Å². The van der Waals surface area contributed by atoms with Gasteiger partial charge in [-0.25, -0.2) is 0 Å². The summed E-state index contributed by atoms with van der Waals surface area (Å²) in [5, 5.41) is 0. The summed E-state index contributed by atoms with van der Waals surface area (Å²) in [5.41, 5.74) is 0. The molecule has 0 heterocycles. The van der Waals surface area contributed by atoms with E-state index in [2.05, 4.69) is 35.9 Å². The van der Waals surface area contributed by atoms with Gasteiger partial charge in [-0.05, 0) is 24.2 Å². The quantitative estimate of drug-likeness (QED) is 0.570. The van der Waals surface area contributed by atoms with Crippen LogP contribution in [-0.4, -0.2) is 0 Å². The predicted molar refractivity (Wildman–Crippen MR) is 56.1 cm³/mol. The van der Waals surface area contributed by atoms with E-state index in [1.165, 1.54) is 43.0 Å². The average Bonchev–Trinajstić information content (AvgIpc) is 1.96. The van der Waals surface area contributed by atoms with Gasteiger partial charge in [0.25, 0.3) is 0 Å². The van der Waals surface area contributed by atoms with Gasteiger partial charge >= 0.3 is 0 Å². The zero-order valence-corrected chi connectivity index (χ0v) is 9.28. The first-order chi connectivity index (χ1) is 5.27. The smallest absolute Gasteiger partial charge is 0.0120 e. The van der Waals surface area contributed by atoms with Crippen molar-refractivity contribution < 1.29 is 0 Å². The molecule has 0 rings (SSSR count). The van der Waals surface area contributed by atoms with E-state index in [4.69, 9.17) is 0 Å². The van der Waals surface area contributed by atoms with E-state index in [1.54, 1.807) is 0 Å². The molecule has 0 atom stereocenters. The molecule has 0 amide bonds. The van der Waals surface area contributed by atoms with Crippen LogP contribution in [0.15, 0.2) is 10.6 Å². The van der Waals surface area contributed by atoms with Gasteiger partial charge in [0.05, 0.1) is 0 Å². The van der Waals surface area contributed by atoms with E-state index < -0.39 is 0 Å². The predicted octanol–water partition coefficient (Wildman–Crippen LogP) is 4.65. The number of unbranched alkanes of at least 4 members (excludes halogenated alkanes) is 5. The van der Waals surface area contributed by atoms with Crippen LogP contribution in [0.4, 0.5) is 0 Å². The lowest BCUT2D eigenvalue weighted by Gasteiger charge is -1.96. The Morgan fingerprint density at radius 1 is 1.18 bits per heavy atom. The highest BCUT2D eigenvalue weighted by Crippen LogP contribution is 2.09. The maximum atomic E-state index is 3.42. The van der Waals surface area contributed by atoms with Gasteiger partial charge in [0.2, 0.25) is 0 Å². The SMILES string of the molecule is CCCCCCC/C=C(/C)Br. The van der Waals surface area contributed by atoms with Gasteiger partial charge in [-0.15, -0.1) is 0 Å². The van der Waals surface area contributed by atoms with Crippen molar-refractivity contribution in [3.05, 3.63) is 10.6 Å². The minimum Gasteiger partial charge on any atom is -0.0747 e. The second kappa shape index (κ2) is 8.32. The fourth-order valence-corrected chi connectivity index (χ4v) is 1.28. The molecule has 0 aromatic heterocycles. The molecule has 1 heteroatoms. The van der Waals surface area contributed by atoms with E-state index in [1.807, 2.05) is 0 Å². The first-order valence-electron chi connectivity index (χ1n) is 4.59. The molecule has 0 fully saturated rings. The topological polar surface area (TPSA) is 0 Å². The summed E-state index contributed by atoms with van der Waals surface area (Å²) >= 11 is 3.42. The molecule has 0 aromatic carbocycles. The van der Waals surface area contributed by atoms with Crippen molar-refractivity contribution in [1.29, 1.82) is 0 Å². The summed E-state index contributed by atoms with van der Waals surface area (Å²) in [5.74, 6) is 0. The minimum absolute atomic E-state index is 1.24. The third kappa shape index (κ3) is 10.2. The van der Waals surface area contributed by atoms with Gasteiger partial charge in [0, 0.05) is 0 Å². The molecular weight excluding hydrogens is 200 g/mol. The molecule has 0 bridgehead atoms.